The van der Waals surface area contributed by atoms with Crippen LogP contribution >= 0.6 is 35.3 Å². The average molecular weight is 758 g/mol. The molecule has 9 nitrogen and oxygen atoms in total. The van der Waals surface area contributed by atoms with Crippen LogP contribution in [0.2, 0.25) is 0 Å². The van der Waals surface area contributed by atoms with E-state index in [1.807, 2.05) is 0 Å². The first kappa shape index (κ1) is 37.0. The van der Waals surface area contributed by atoms with Crippen LogP contribution in [-0.4, -0.2) is 75.3 Å². The van der Waals surface area contributed by atoms with Crippen molar-refractivity contribution in [2.75, 3.05) is 31.6 Å². The van der Waals surface area contributed by atoms with Crippen LogP contribution in [0.5, 0.6) is 0 Å². The first-order chi connectivity index (χ1) is 23.5. The van der Waals surface area contributed by atoms with Gasteiger partial charge in [0.15, 0.2) is 0 Å². The Hall–Kier alpha value is -4.26. The molecule has 0 radical (unpaired) electrons. The van der Waals surface area contributed by atoms with Gasteiger partial charge in [0.2, 0.25) is 11.8 Å². The topological polar surface area (TPSA) is 116 Å². The zero-order valence-corrected chi connectivity index (χ0v) is 27.9. The zero-order chi connectivity index (χ0) is 36.4. The smallest absolute Gasteiger partial charge is 0.416 e. The van der Waals surface area contributed by atoms with Crippen LogP contribution in [0.3, 0.4) is 0 Å². The first-order valence-corrected chi connectivity index (χ1v) is 16.7. The van der Waals surface area contributed by atoms with E-state index >= 15 is 0 Å². The summed E-state index contributed by atoms with van der Waals surface area (Å²) in [4.78, 5) is 54.3. The summed E-state index contributed by atoms with van der Waals surface area (Å²) in [6, 6.07) is 6.93. The predicted octanol–water partition coefficient (Wildman–Crippen LogP) is 7.00. The van der Waals surface area contributed by atoms with Gasteiger partial charge in [-0.1, -0.05) is 24.0 Å². The monoisotopic (exact) mass is 757 g/mol. The van der Waals surface area contributed by atoms with E-state index < -0.39 is 47.3 Å². The lowest BCUT2D eigenvalue weighted by Crippen LogP contribution is -2.47. The molecule has 0 spiro atoms. The highest BCUT2D eigenvalue weighted by Crippen LogP contribution is 2.41. The molecule has 3 heterocycles. The van der Waals surface area contributed by atoms with Crippen LogP contribution in [0.15, 0.2) is 58.8 Å². The van der Waals surface area contributed by atoms with Gasteiger partial charge in [0.25, 0.3) is 5.91 Å². The summed E-state index contributed by atoms with van der Waals surface area (Å²) in [6.45, 7) is 1.24. The fourth-order valence-corrected chi connectivity index (χ4v) is 7.46. The summed E-state index contributed by atoms with van der Waals surface area (Å²) in [6.07, 6.45) is -9.30. The van der Waals surface area contributed by atoms with Crippen molar-refractivity contribution in [1.82, 2.24) is 9.80 Å². The molecule has 0 aliphatic carbocycles. The highest BCUT2D eigenvalue weighted by molar-refractivity contribution is 8.26. The number of benzene rings is 2. The number of thiophene rings is 1. The van der Waals surface area contributed by atoms with Crippen molar-refractivity contribution in [2.45, 2.75) is 31.2 Å². The van der Waals surface area contributed by atoms with Crippen LogP contribution in [-0.2, 0) is 31.5 Å². The third-order valence-corrected chi connectivity index (χ3v) is 9.82. The Morgan fingerprint density at radius 1 is 0.940 bits per heavy atom. The summed E-state index contributed by atoms with van der Waals surface area (Å²) >= 11 is 7.32. The Kier molecular flexibility index (Phi) is 11.0. The lowest BCUT2D eigenvalue weighted by atomic mass is 10.0. The Balaban J connectivity index is 1.38. The van der Waals surface area contributed by atoms with Gasteiger partial charge < -0.3 is 20.1 Å². The molecule has 2 aliphatic rings. The van der Waals surface area contributed by atoms with E-state index in [1.165, 1.54) is 46.7 Å². The maximum atomic E-state index is 13.7. The second-order valence-corrected chi connectivity index (χ2v) is 13.7. The standard InChI is InChI=1S/C32H25F6N3O6S3/c33-31(34,35)20-9-18(10-21(12-20)32(36,37)38)19-11-24(49-16-19)15-25-28(44)41(30(48)50-25)23(14-27(43)40-5-7-47-8-6-40)13-26(42)39-22-3-1-17(2-4-22)29(45)46/h1-4,9-12,15-16,23H,5-8,13-14H2,(H,39,42)(H,45,46)/t23-/m1/s1. The number of nitrogens with zero attached hydrogens (tertiary/aromatic N) is 2. The lowest BCUT2D eigenvalue weighted by Gasteiger charge is -2.31. The molecule has 3 aromatic rings. The van der Waals surface area contributed by atoms with Gasteiger partial charge in [0.05, 0.1) is 40.9 Å². The van der Waals surface area contributed by atoms with Crippen molar-refractivity contribution in [3.8, 4) is 11.1 Å². The number of anilines is 1. The quantitative estimate of drug-likeness (QED) is 0.136. The number of halogens is 6. The van der Waals surface area contributed by atoms with E-state index in [4.69, 9.17) is 22.1 Å². The summed E-state index contributed by atoms with van der Waals surface area (Å²) in [5, 5.41) is 13.1. The van der Waals surface area contributed by atoms with Gasteiger partial charge in [-0.15, -0.1) is 11.3 Å². The SMILES string of the molecule is O=C(C[C@H](CC(=O)N1CCOCC1)N1C(=O)C(=Cc2cc(-c3cc(C(F)(F)F)cc(C(F)(F)F)c3)cs2)SC1=S)Nc1ccc(C(=O)O)cc1. The highest BCUT2D eigenvalue weighted by Gasteiger charge is 2.40. The largest absolute Gasteiger partial charge is 0.478 e. The van der Waals surface area contributed by atoms with E-state index in [1.54, 1.807) is 0 Å². The lowest BCUT2D eigenvalue weighted by molar-refractivity contribution is -0.143. The number of carboxylic acids is 1. The molecule has 2 aromatic carbocycles. The number of carboxylic acid groups (broad SMARTS) is 1. The Morgan fingerprint density at radius 3 is 2.14 bits per heavy atom. The predicted molar refractivity (Wildman–Crippen MR) is 177 cm³/mol. The van der Waals surface area contributed by atoms with Gasteiger partial charge >= 0.3 is 18.3 Å². The molecule has 0 bridgehead atoms. The molecule has 3 amide bonds. The van der Waals surface area contributed by atoms with Crippen LogP contribution in [0.25, 0.3) is 17.2 Å². The van der Waals surface area contributed by atoms with E-state index in [0.717, 1.165) is 28.0 Å². The zero-order valence-electron chi connectivity index (χ0n) is 25.5. The molecule has 50 heavy (non-hydrogen) atoms. The summed E-state index contributed by atoms with van der Waals surface area (Å²) in [5.74, 6) is -2.74. The van der Waals surface area contributed by atoms with Crippen LogP contribution in [0, 0.1) is 0 Å². The maximum absolute atomic E-state index is 13.7. The van der Waals surface area contributed by atoms with E-state index in [2.05, 4.69) is 5.32 Å². The number of morpholine rings is 1. The number of amides is 3. The molecule has 264 valence electrons. The number of hydrogen-bond donors (Lipinski definition) is 2. The van der Waals surface area contributed by atoms with Gasteiger partial charge in [-0.05, 0) is 71.1 Å². The number of ether oxygens (including phenoxy) is 1. The van der Waals surface area contributed by atoms with Crippen molar-refractivity contribution in [1.29, 1.82) is 0 Å². The molecule has 2 saturated heterocycles. The minimum absolute atomic E-state index is 0.0000760. The summed E-state index contributed by atoms with van der Waals surface area (Å²) in [7, 11) is 0. The molecule has 1 atom stereocenters. The average Bonchev–Trinajstić information content (AvgIpc) is 3.63. The number of thioether (sulfide) groups is 1. The second-order valence-electron chi connectivity index (χ2n) is 11.1. The van der Waals surface area contributed by atoms with E-state index in [-0.39, 0.29) is 56.4 Å². The van der Waals surface area contributed by atoms with Gasteiger partial charge in [-0.2, -0.15) is 26.3 Å². The fourth-order valence-electron chi connectivity index (χ4n) is 5.15. The molecule has 18 heteroatoms. The molecule has 1 aromatic heterocycles. The molecule has 2 N–H and O–H groups in total. The molecule has 2 fully saturated rings. The van der Waals surface area contributed by atoms with Gasteiger partial charge in [0.1, 0.15) is 4.32 Å². The van der Waals surface area contributed by atoms with E-state index in [9.17, 15) is 45.5 Å². The third kappa shape index (κ3) is 8.90. The number of carbonyl (C=O) groups excluding carboxylic acids is 3. The Labute approximate surface area is 293 Å². The van der Waals surface area contributed by atoms with Crippen molar-refractivity contribution >= 4 is 75.1 Å². The van der Waals surface area contributed by atoms with Crippen molar-refractivity contribution < 1.29 is 55.4 Å². The van der Waals surface area contributed by atoms with Gasteiger partial charge in [0, 0.05) is 36.5 Å². The van der Waals surface area contributed by atoms with E-state index in [0.29, 0.717) is 43.3 Å². The first-order valence-electron chi connectivity index (χ1n) is 14.6. The number of rotatable bonds is 9. The molecular formula is C32H25F6N3O6S3. The van der Waals surface area contributed by atoms with Crippen molar-refractivity contribution in [3.63, 3.8) is 0 Å². The third-order valence-electron chi connectivity index (χ3n) is 7.61. The molecule has 2 aliphatic heterocycles. The maximum Gasteiger partial charge on any atom is 0.416 e. The number of aromatic carboxylic acids is 1. The van der Waals surface area contributed by atoms with Gasteiger partial charge in [-0.3, -0.25) is 19.3 Å². The minimum Gasteiger partial charge on any atom is -0.478 e. The normalized spacial score (nSPS) is 17.0. The molecular weight excluding hydrogens is 733 g/mol. The molecule has 0 saturated carbocycles. The number of hydrogen-bond acceptors (Lipinski definition) is 8. The van der Waals surface area contributed by atoms with Crippen molar-refractivity contribution in [2.24, 2.45) is 0 Å². The Morgan fingerprint density at radius 2 is 1.56 bits per heavy atom. The summed E-state index contributed by atoms with van der Waals surface area (Å²) < 4.78 is 85.8. The number of carbonyl (C=O) groups is 4. The van der Waals surface area contributed by atoms with Crippen LogP contribution < -0.4 is 5.32 Å². The molecule has 0 unspecified atom stereocenters. The summed E-state index contributed by atoms with van der Waals surface area (Å²) in [5.41, 5.74) is -2.90. The Bertz CT molecular complexity index is 1820. The number of alkyl halides is 6. The number of thiocarbonyl (C=S) groups is 1. The second kappa shape index (κ2) is 14.9. The van der Waals surface area contributed by atoms with Crippen LogP contribution in [0.1, 0.15) is 39.2 Å². The van der Waals surface area contributed by atoms with Gasteiger partial charge in [-0.25, -0.2) is 4.79 Å². The highest BCUT2D eigenvalue weighted by atomic mass is 32.2. The van der Waals surface area contributed by atoms with Crippen LogP contribution in [0.4, 0.5) is 32.0 Å². The molecule has 5 rings (SSSR count). The fraction of sp³-hybridized carbons (Fsp3) is 0.281. The minimum atomic E-state index is -5.02. The van der Waals surface area contributed by atoms with Crippen molar-refractivity contribution in [3.05, 3.63) is 80.4 Å². The number of nitrogens with one attached hydrogen (secondary N) is 1.